The van der Waals surface area contributed by atoms with Gasteiger partial charge in [-0.25, -0.2) is 17.9 Å². The van der Waals surface area contributed by atoms with Crippen LogP contribution < -0.4 is 19.7 Å². The molecule has 2 aliphatic rings. The van der Waals surface area contributed by atoms with Crippen LogP contribution in [0.3, 0.4) is 0 Å². The van der Waals surface area contributed by atoms with E-state index >= 15 is 0 Å². The van der Waals surface area contributed by atoms with Crippen LogP contribution in [0.2, 0.25) is 5.02 Å². The number of rotatable bonds is 12. The molecule has 0 saturated heterocycles. The van der Waals surface area contributed by atoms with E-state index in [-0.39, 0.29) is 23.5 Å². The van der Waals surface area contributed by atoms with E-state index < -0.39 is 16.1 Å². The van der Waals surface area contributed by atoms with E-state index in [1.54, 1.807) is 19.2 Å². The van der Waals surface area contributed by atoms with Crippen molar-refractivity contribution in [2.45, 2.75) is 49.5 Å². The van der Waals surface area contributed by atoms with E-state index in [9.17, 15) is 13.2 Å². The Morgan fingerprint density at radius 2 is 2.05 bits per heavy atom. The molecule has 1 saturated carbocycles. The van der Waals surface area contributed by atoms with Gasteiger partial charge in [-0.3, -0.25) is 0 Å². The normalized spacial score (nSPS) is 21.0. The molecule has 222 valence electrons. The van der Waals surface area contributed by atoms with Crippen LogP contribution in [0.15, 0.2) is 66.6 Å². The topological polar surface area (TPSA) is 97.0 Å². The number of hydrogen-bond donors (Lipinski definition) is 2. The van der Waals surface area contributed by atoms with E-state index in [0.29, 0.717) is 48.0 Å². The van der Waals surface area contributed by atoms with Crippen LogP contribution in [-0.4, -0.2) is 53.9 Å². The molecule has 0 aromatic heterocycles. The molecule has 0 radical (unpaired) electrons. The number of carbonyl (C=O) groups excluding carboxylic acids is 1. The molecule has 4 atom stereocenters. The number of sulfonamides is 1. The van der Waals surface area contributed by atoms with E-state index in [0.717, 1.165) is 25.7 Å². The number of hydrogen-bond acceptors (Lipinski definition) is 6. The third-order valence-corrected chi connectivity index (χ3v) is 9.58. The third-order valence-electron chi connectivity index (χ3n) is 8.02. The quantitative estimate of drug-likeness (QED) is 0.304. The summed E-state index contributed by atoms with van der Waals surface area (Å²) in [5, 5.41) is 3.15. The van der Waals surface area contributed by atoms with Crippen LogP contribution in [0.4, 0.5) is 10.5 Å². The second-order valence-electron chi connectivity index (χ2n) is 10.7. The molecule has 1 fully saturated rings. The molecule has 10 heteroatoms. The van der Waals surface area contributed by atoms with Crippen LogP contribution in [0.25, 0.3) is 0 Å². The molecule has 0 bridgehead atoms. The van der Waals surface area contributed by atoms with Gasteiger partial charge in [0, 0.05) is 37.7 Å². The summed E-state index contributed by atoms with van der Waals surface area (Å²) in [6, 6.07) is 9.97. The molecule has 2 aromatic carbocycles. The fraction of sp³-hybridized carbons (Fsp3) is 0.452. The van der Waals surface area contributed by atoms with Gasteiger partial charge in [0.2, 0.25) is 0 Å². The minimum absolute atomic E-state index is 0.0127. The molecule has 2 amide bonds. The summed E-state index contributed by atoms with van der Waals surface area (Å²) in [6.45, 7) is 11.6. The van der Waals surface area contributed by atoms with Gasteiger partial charge in [-0.2, -0.15) is 0 Å². The fourth-order valence-electron chi connectivity index (χ4n) is 5.83. The Balaban J connectivity index is 1.69. The van der Waals surface area contributed by atoms with Gasteiger partial charge >= 0.3 is 6.03 Å². The van der Waals surface area contributed by atoms with Gasteiger partial charge in [0.25, 0.3) is 10.0 Å². The number of nitrogens with one attached hydrogen (secondary N) is 2. The van der Waals surface area contributed by atoms with Crippen LogP contribution >= 0.6 is 11.6 Å². The Kier molecular flexibility index (Phi) is 10.4. The molecule has 2 N–H and O–H groups in total. The zero-order chi connectivity index (χ0) is 29.6. The Labute approximate surface area is 248 Å². The first-order chi connectivity index (χ1) is 19.7. The number of carbonyl (C=O) groups is 1. The highest BCUT2D eigenvalue weighted by atomic mass is 35.5. The first kappa shape index (κ1) is 30.9. The van der Waals surface area contributed by atoms with Gasteiger partial charge < -0.3 is 19.7 Å². The van der Waals surface area contributed by atoms with E-state index in [1.165, 1.54) is 23.3 Å². The van der Waals surface area contributed by atoms with E-state index in [1.807, 2.05) is 18.2 Å². The van der Waals surface area contributed by atoms with Crippen molar-refractivity contribution >= 4 is 33.3 Å². The lowest BCUT2D eigenvalue weighted by Crippen LogP contribution is -2.44. The number of amides is 2. The summed E-state index contributed by atoms with van der Waals surface area (Å²) in [6.07, 6.45) is 7.28. The van der Waals surface area contributed by atoms with Gasteiger partial charge in [0.05, 0.1) is 23.3 Å². The molecule has 1 heterocycles. The maximum Gasteiger partial charge on any atom is 0.328 e. The predicted octanol–water partition coefficient (Wildman–Crippen LogP) is 5.68. The number of urea groups is 1. The second kappa shape index (κ2) is 13.8. The van der Waals surface area contributed by atoms with Crippen LogP contribution in [0.1, 0.15) is 43.2 Å². The zero-order valence-corrected chi connectivity index (χ0v) is 25.3. The first-order valence-electron chi connectivity index (χ1n) is 14.1. The summed E-state index contributed by atoms with van der Waals surface area (Å²) in [5.74, 6) is 1.32. The average molecular weight is 602 g/mol. The number of fused-ring (bicyclic) bond motifs is 1. The van der Waals surface area contributed by atoms with Crippen molar-refractivity contribution in [2.24, 2.45) is 11.8 Å². The smallest absolute Gasteiger partial charge is 0.328 e. The average Bonchev–Trinajstić information content (AvgIpc) is 3.11. The van der Waals surface area contributed by atoms with Gasteiger partial charge in [0.15, 0.2) is 0 Å². The number of nitrogens with zero attached hydrogens (tertiary/aromatic N) is 1. The third kappa shape index (κ3) is 7.26. The van der Waals surface area contributed by atoms with Gasteiger partial charge in [-0.1, -0.05) is 43.2 Å². The molecule has 1 aliphatic carbocycles. The zero-order valence-electron chi connectivity index (χ0n) is 23.8. The summed E-state index contributed by atoms with van der Waals surface area (Å²) in [7, 11) is -2.42. The van der Waals surface area contributed by atoms with E-state index in [2.05, 4.69) is 41.1 Å². The standard InChI is InChI=1S/C31H40ClN3O5S/c1-5-8-21-16-24(32)10-13-26(21)23-19-35(18-22-9-12-27(22)29(7-3)39-4)28-17-25(11-14-30(28)40-20-23)41(37,38)34-31(36)33-15-6-2/h6-7,10-11,13-14,16-17,22-23,27,29H,2-3,5,8-9,12,15,18-20H2,1,4H3,(H2,33,34,36)/t22-,23-,27+,29+/m0/s1. The Bertz CT molecular complexity index is 1370. The summed E-state index contributed by atoms with van der Waals surface area (Å²) >= 11 is 6.36. The maximum atomic E-state index is 13.1. The molecular formula is C31H40ClN3O5S. The monoisotopic (exact) mass is 601 g/mol. The van der Waals surface area contributed by atoms with Crippen LogP contribution in [0.5, 0.6) is 5.75 Å². The summed E-state index contributed by atoms with van der Waals surface area (Å²) < 4.78 is 40.4. The number of ether oxygens (including phenoxy) is 2. The van der Waals surface area contributed by atoms with Crippen LogP contribution in [0, 0.1) is 11.8 Å². The van der Waals surface area contributed by atoms with Crippen molar-refractivity contribution in [1.82, 2.24) is 10.0 Å². The number of anilines is 1. The summed E-state index contributed by atoms with van der Waals surface area (Å²) in [5.41, 5.74) is 3.07. The largest absolute Gasteiger partial charge is 0.491 e. The van der Waals surface area contributed by atoms with Crippen molar-refractivity contribution in [2.75, 3.05) is 38.3 Å². The minimum Gasteiger partial charge on any atom is -0.491 e. The Morgan fingerprint density at radius 1 is 1.24 bits per heavy atom. The minimum atomic E-state index is -4.12. The number of benzene rings is 2. The Morgan fingerprint density at radius 3 is 2.71 bits per heavy atom. The van der Waals surface area contributed by atoms with Crippen molar-refractivity contribution in [1.29, 1.82) is 0 Å². The van der Waals surface area contributed by atoms with Crippen molar-refractivity contribution in [3.63, 3.8) is 0 Å². The highest BCUT2D eigenvalue weighted by molar-refractivity contribution is 7.90. The van der Waals surface area contributed by atoms with E-state index in [4.69, 9.17) is 21.1 Å². The van der Waals surface area contributed by atoms with Crippen molar-refractivity contribution < 1.29 is 22.7 Å². The predicted molar refractivity (Wildman–Crippen MR) is 163 cm³/mol. The highest BCUT2D eigenvalue weighted by Crippen LogP contribution is 2.43. The number of methoxy groups -OCH3 is 1. The van der Waals surface area contributed by atoms with Gasteiger partial charge in [-0.15, -0.1) is 13.2 Å². The summed E-state index contributed by atoms with van der Waals surface area (Å²) in [4.78, 5) is 14.4. The fourth-order valence-corrected chi connectivity index (χ4v) is 6.97. The molecule has 0 unspecified atom stereocenters. The number of halogens is 1. The van der Waals surface area contributed by atoms with Gasteiger partial charge in [0.1, 0.15) is 5.75 Å². The molecule has 41 heavy (non-hydrogen) atoms. The Hall–Kier alpha value is -3.01. The molecule has 8 nitrogen and oxygen atoms in total. The molecule has 4 rings (SSSR count). The van der Waals surface area contributed by atoms with Gasteiger partial charge in [-0.05, 0) is 72.6 Å². The van der Waals surface area contributed by atoms with Crippen LogP contribution in [-0.2, 0) is 21.2 Å². The number of aryl methyl sites for hydroxylation is 1. The molecule has 1 aliphatic heterocycles. The maximum absolute atomic E-state index is 13.1. The lowest BCUT2D eigenvalue weighted by atomic mass is 9.70. The lowest BCUT2D eigenvalue weighted by molar-refractivity contribution is 0.0138. The molecule has 0 spiro atoms. The van der Waals surface area contributed by atoms with Crippen molar-refractivity contribution in [3.8, 4) is 5.75 Å². The van der Waals surface area contributed by atoms with Crippen molar-refractivity contribution in [3.05, 3.63) is 77.9 Å². The molecule has 2 aromatic rings. The lowest BCUT2D eigenvalue weighted by Gasteiger charge is -2.43. The first-order valence-corrected chi connectivity index (χ1v) is 15.9. The highest BCUT2D eigenvalue weighted by Gasteiger charge is 2.38. The SMILES string of the molecule is C=CCNC(=O)NS(=O)(=O)c1ccc2c(c1)N(C[C@@H]1CC[C@H]1[C@@H](C=C)OC)C[C@H](c1ccc(Cl)cc1CCC)CO2. The molecular weight excluding hydrogens is 562 g/mol. The second-order valence-corrected chi connectivity index (χ2v) is 12.8.